The first-order chi connectivity index (χ1) is 11.7. The summed E-state index contributed by atoms with van der Waals surface area (Å²) in [5, 5.41) is 20.1. The summed E-state index contributed by atoms with van der Waals surface area (Å²) in [6.07, 6.45) is 1.38. The average molecular weight is 340 g/mol. The molecule has 0 N–H and O–H groups in total. The van der Waals surface area contributed by atoms with E-state index in [0.717, 1.165) is 19.6 Å². The Kier molecular flexibility index (Phi) is 4.90. The van der Waals surface area contributed by atoms with Gasteiger partial charge in [-0.2, -0.15) is 10.5 Å². The zero-order chi connectivity index (χ0) is 16.9. The quantitative estimate of drug-likeness (QED) is 0.829. The van der Waals surface area contributed by atoms with Crippen LogP contribution < -0.4 is 0 Å². The molecule has 24 heavy (non-hydrogen) atoms. The molecule has 1 amide bonds. The number of amides is 1. The standard InChI is InChI=1S/C16H16N6OS/c17-8-14-15(9-18)22(12-19-14)11-16(23)21-5-3-20(4-6-21)10-13-2-1-7-24-13/h1-2,7,12H,3-6,10-11H2. The number of nitriles is 2. The van der Waals surface area contributed by atoms with Crippen molar-refractivity contribution in [2.75, 3.05) is 26.2 Å². The number of hydrogen-bond acceptors (Lipinski definition) is 6. The van der Waals surface area contributed by atoms with Gasteiger partial charge in [0, 0.05) is 37.6 Å². The van der Waals surface area contributed by atoms with E-state index in [1.165, 1.54) is 15.8 Å². The number of thiophene rings is 1. The van der Waals surface area contributed by atoms with E-state index in [9.17, 15) is 4.79 Å². The molecule has 3 rings (SSSR count). The van der Waals surface area contributed by atoms with E-state index in [1.807, 2.05) is 18.2 Å². The smallest absolute Gasteiger partial charge is 0.242 e. The van der Waals surface area contributed by atoms with Gasteiger partial charge >= 0.3 is 0 Å². The molecular formula is C16H16N6OS. The van der Waals surface area contributed by atoms with Crippen LogP contribution in [0.25, 0.3) is 0 Å². The highest BCUT2D eigenvalue weighted by Gasteiger charge is 2.22. The van der Waals surface area contributed by atoms with Crippen LogP contribution in [0.15, 0.2) is 23.8 Å². The summed E-state index contributed by atoms with van der Waals surface area (Å²) in [5.74, 6) is -0.0517. The fraction of sp³-hybridized carbons (Fsp3) is 0.375. The average Bonchev–Trinajstić information content (AvgIpc) is 3.24. The third-order valence-electron chi connectivity index (χ3n) is 4.04. The van der Waals surface area contributed by atoms with Crippen LogP contribution in [0.4, 0.5) is 0 Å². The van der Waals surface area contributed by atoms with Crippen molar-refractivity contribution in [1.82, 2.24) is 19.4 Å². The molecule has 8 heteroatoms. The van der Waals surface area contributed by atoms with Crippen LogP contribution in [0, 0.1) is 22.7 Å². The maximum absolute atomic E-state index is 12.4. The van der Waals surface area contributed by atoms with E-state index < -0.39 is 0 Å². The van der Waals surface area contributed by atoms with Crippen molar-refractivity contribution in [1.29, 1.82) is 10.5 Å². The highest BCUT2D eigenvalue weighted by molar-refractivity contribution is 7.09. The highest BCUT2D eigenvalue weighted by atomic mass is 32.1. The molecule has 0 unspecified atom stereocenters. The lowest BCUT2D eigenvalue weighted by Crippen LogP contribution is -2.49. The molecule has 0 radical (unpaired) electrons. The number of carbonyl (C=O) groups is 1. The van der Waals surface area contributed by atoms with Crippen LogP contribution in [-0.2, 0) is 17.9 Å². The molecule has 2 aromatic rings. The van der Waals surface area contributed by atoms with Crippen molar-refractivity contribution in [2.24, 2.45) is 0 Å². The van der Waals surface area contributed by atoms with Crippen LogP contribution in [0.3, 0.4) is 0 Å². The SMILES string of the molecule is N#Cc1ncn(CC(=O)N2CCN(Cc3cccs3)CC2)c1C#N. The molecule has 1 saturated heterocycles. The molecule has 0 bridgehead atoms. The van der Waals surface area contributed by atoms with Gasteiger partial charge in [-0.15, -0.1) is 11.3 Å². The van der Waals surface area contributed by atoms with E-state index >= 15 is 0 Å². The number of hydrogen-bond donors (Lipinski definition) is 0. The molecule has 0 spiro atoms. The Hall–Kier alpha value is -2.68. The van der Waals surface area contributed by atoms with Crippen molar-refractivity contribution in [3.63, 3.8) is 0 Å². The fourth-order valence-electron chi connectivity index (χ4n) is 2.73. The molecule has 3 heterocycles. The van der Waals surface area contributed by atoms with Crippen LogP contribution in [0.1, 0.15) is 16.3 Å². The van der Waals surface area contributed by atoms with Crippen molar-refractivity contribution >= 4 is 17.2 Å². The number of rotatable bonds is 4. The fourth-order valence-corrected chi connectivity index (χ4v) is 3.47. The summed E-state index contributed by atoms with van der Waals surface area (Å²) in [7, 11) is 0. The predicted octanol–water partition coefficient (Wildman–Crippen LogP) is 1.03. The Morgan fingerprint density at radius 2 is 2.04 bits per heavy atom. The van der Waals surface area contributed by atoms with E-state index in [4.69, 9.17) is 10.5 Å². The molecule has 0 saturated carbocycles. The summed E-state index contributed by atoms with van der Waals surface area (Å²) in [6.45, 7) is 3.98. The zero-order valence-corrected chi connectivity index (χ0v) is 13.9. The number of aromatic nitrogens is 2. The van der Waals surface area contributed by atoms with Gasteiger partial charge in [0.05, 0.1) is 6.33 Å². The second-order valence-corrected chi connectivity index (χ2v) is 6.56. The topological polar surface area (TPSA) is 88.9 Å². The third kappa shape index (κ3) is 3.46. The van der Waals surface area contributed by atoms with Crippen LogP contribution in [0.5, 0.6) is 0 Å². The Morgan fingerprint density at radius 3 is 2.67 bits per heavy atom. The maximum atomic E-state index is 12.4. The van der Waals surface area contributed by atoms with Gasteiger partial charge in [-0.25, -0.2) is 4.98 Å². The molecule has 0 aliphatic carbocycles. The van der Waals surface area contributed by atoms with Crippen molar-refractivity contribution in [2.45, 2.75) is 13.1 Å². The Labute approximate surface area is 144 Å². The van der Waals surface area contributed by atoms with Gasteiger partial charge in [-0.3, -0.25) is 9.69 Å². The molecule has 122 valence electrons. The number of imidazole rings is 1. The second-order valence-electron chi connectivity index (χ2n) is 5.53. The van der Waals surface area contributed by atoms with Crippen molar-refractivity contribution < 1.29 is 4.79 Å². The van der Waals surface area contributed by atoms with E-state index in [1.54, 1.807) is 16.2 Å². The van der Waals surface area contributed by atoms with Gasteiger partial charge in [0.15, 0.2) is 11.4 Å². The first kappa shape index (κ1) is 16.2. The van der Waals surface area contributed by atoms with Gasteiger partial charge < -0.3 is 9.47 Å². The monoisotopic (exact) mass is 340 g/mol. The summed E-state index contributed by atoms with van der Waals surface area (Å²) >= 11 is 1.74. The number of piperazine rings is 1. The molecule has 1 fully saturated rings. The van der Waals surface area contributed by atoms with Gasteiger partial charge in [0.25, 0.3) is 0 Å². The minimum Gasteiger partial charge on any atom is -0.339 e. The highest BCUT2D eigenvalue weighted by Crippen LogP contribution is 2.14. The lowest BCUT2D eigenvalue weighted by atomic mass is 10.3. The summed E-state index contributed by atoms with van der Waals surface area (Å²) in [5.41, 5.74) is 0.202. The normalized spacial score (nSPS) is 15.0. The number of nitrogens with zero attached hydrogens (tertiary/aromatic N) is 6. The van der Waals surface area contributed by atoms with E-state index in [-0.39, 0.29) is 23.8 Å². The molecular weight excluding hydrogens is 324 g/mol. The largest absolute Gasteiger partial charge is 0.339 e. The maximum Gasteiger partial charge on any atom is 0.242 e. The van der Waals surface area contributed by atoms with Gasteiger partial charge in [-0.1, -0.05) is 6.07 Å². The van der Waals surface area contributed by atoms with Crippen molar-refractivity contribution in [3.8, 4) is 12.1 Å². The minimum atomic E-state index is -0.0517. The Morgan fingerprint density at radius 1 is 1.25 bits per heavy atom. The molecule has 0 aromatic carbocycles. The summed E-state index contributed by atoms with van der Waals surface area (Å²) < 4.78 is 1.44. The van der Waals surface area contributed by atoms with E-state index in [0.29, 0.717) is 13.1 Å². The molecule has 1 aliphatic rings. The third-order valence-corrected chi connectivity index (χ3v) is 4.90. The molecule has 1 aliphatic heterocycles. The molecule has 7 nitrogen and oxygen atoms in total. The lowest BCUT2D eigenvalue weighted by molar-refractivity contribution is -0.133. The lowest BCUT2D eigenvalue weighted by Gasteiger charge is -2.34. The molecule has 0 atom stereocenters. The first-order valence-electron chi connectivity index (χ1n) is 7.59. The van der Waals surface area contributed by atoms with Crippen molar-refractivity contribution in [3.05, 3.63) is 40.1 Å². The Bertz CT molecular complexity index is 790. The Balaban J connectivity index is 1.55. The first-order valence-corrected chi connectivity index (χ1v) is 8.47. The zero-order valence-electron chi connectivity index (χ0n) is 13.1. The number of carbonyl (C=O) groups excluding carboxylic acids is 1. The van der Waals surface area contributed by atoms with Gasteiger partial charge in [0.2, 0.25) is 5.91 Å². The van der Waals surface area contributed by atoms with E-state index in [2.05, 4.69) is 21.3 Å². The molecule has 2 aromatic heterocycles. The van der Waals surface area contributed by atoms with Crippen LogP contribution in [-0.4, -0.2) is 51.4 Å². The van der Waals surface area contributed by atoms with Crippen LogP contribution >= 0.6 is 11.3 Å². The summed E-state index contributed by atoms with van der Waals surface area (Å²) in [4.78, 5) is 21.8. The minimum absolute atomic E-state index is 0.0441. The van der Waals surface area contributed by atoms with Crippen LogP contribution in [0.2, 0.25) is 0 Å². The van der Waals surface area contributed by atoms with Gasteiger partial charge in [-0.05, 0) is 11.4 Å². The predicted molar refractivity (Wildman–Crippen MR) is 87.8 cm³/mol. The second kappa shape index (κ2) is 7.26. The summed E-state index contributed by atoms with van der Waals surface area (Å²) in [6, 6.07) is 7.97. The van der Waals surface area contributed by atoms with Gasteiger partial charge in [0.1, 0.15) is 18.7 Å².